The SMILES string of the molecule is COCCNC(=O)[C@@H]1CC[C@@H](C)N(Cc2nc(C)c(C)s2)C1. The average molecular weight is 325 g/mol. The fourth-order valence-corrected chi connectivity index (χ4v) is 3.77. The van der Waals surface area contributed by atoms with Gasteiger partial charge in [-0.1, -0.05) is 0 Å². The highest BCUT2D eigenvalue weighted by molar-refractivity contribution is 7.11. The van der Waals surface area contributed by atoms with E-state index in [1.165, 1.54) is 4.88 Å². The molecule has 1 saturated heterocycles. The van der Waals surface area contributed by atoms with Crippen LogP contribution in [-0.2, 0) is 16.1 Å². The smallest absolute Gasteiger partial charge is 0.224 e. The summed E-state index contributed by atoms with van der Waals surface area (Å²) in [5, 5.41) is 4.12. The topological polar surface area (TPSA) is 54.5 Å². The Balaban J connectivity index is 1.91. The van der Waals surface area contributed by atoms with E-state index in [9.17, 15) is 4.79 Å². The van der Waals surface area contributed by atoms with Gasteiger partial charge >= 0.3 is 0 Å². The first-order valence-corrected chi connectivity index (χ1v) is 8.76. The molecule has 1 fully saturated rings. The Kier molecular flexibility index (Phi) is 6.35. The zero-order chi connectivity index (χ0) is 16.1. The molecule has 0 spiro atoms. The van der Waals surface area contributed by atoms with E-state index in [1.807, 2.05) is 0 Å². The zero-order valence-corrected chi connectivity index (χ0v) is 14.8. The van der Waals surface area contributed by atoms with Crippen molar-refractivity contribution in [2.75, 3.05) is 26.8 Å². The van der Waals surface area contributed by atoms with Gasteiger partial charge in [-0.05, 0) is 33.6 Å². The molecule has 0 bridgehead atoms. The maximum Gasteiger partial charge on any atom is 0.224 e. The first-order valence-electron chi connectivity index (χ1n) is 7.95. The number of carbonyl (C=O) groups is 1. The Morgan fingerprint density at radius 2 is 2.23 bits per heavy atom. The monoisotopic (exact) mass is 325 g/mol. The van der Waals surface area contributed by atoms with Gasteiger partial charge in [0.2, 0.25) is 5.91 Å². The summed E-state index contributed by atoms with van der Waals surface area (Å²) >= 11 is 1.77. The summed E-state index contributed by atoms with van der Waals surface area (Å²) in [5.41, 5.74) is 1.12. The average Bonchev–Trinajstić information content (AvgIpc) is 2.80. The van der Waals surface area contributed by atoms with Crippen LogP contribution >= 0.6 is 11.3 Å². The summed E-state index contributed by atoms with van der Waals surface area (Å²) in [4.78, 5) is 20.5. The number of ether oxygens (including phenoxy) is 1. The molecule has 2 heterocycles. The molecule has 0 aromatic carbocycles. The minimum Gasteiger partial charge on any atom is -0.383 e. The van der Waals surface area contributed by atoms with Crippen LogP contribution in [0.15, 0.2) is 0 Å². The molecule has 0 unspecified atom stereocenters. The van der Waals surface area contributed by atoms with Crippen molar-refractivity contribution in [1.82, 2.24) is 15.2 Å². The molecule has 1 aliphatic rings. The van der Waals surface area contributed by atoms with Gasteiger partial charge in [0.25, 0.3) is 0 Å². The van der Waals surface area contributed by atoms with Crippen molar-refractivity contribution in [2.45, 2.75) is 46.2 Å². The highest BCUT2D eigenvalue weighted by Gasteiger charge is 2.30. The van der Waals surface area contributed by atoms with Gasteiger partial charge in [-0.3, -0.25) is 9.69 Å². The van der Waals surface area contributed by atoms with Gasteiger partial charge in [0, 0.05) is 31.1 Å². The van der Waals surface area contributed by atoms with Crippen molar-refractivity contribution in [3.05, 3.63) is 15.6 Å². The molecule has 1 aromatic rings. The molecule has 0 aliphatic carbocycles. The predicted molar refractivity (Wildman–Crippen MR) is 89.1 cm³/mol. The quantitative estimate of drug-likeness (QED) is 0.814. The van der Waals surface area contributed by atoms with Crippen LogP contribution < -0.4 is 5.32 Å². The predicted octanol–water partition coefficient (Wildman–Crippen LogP) is 2.12. The van der Waals surface area contributed by atoms with Gasteiger partial charge in [0.15, 0.2) is 0 Å². The number of piperidine rings is 1. The number of nitrogens with one attached hydrogen (secondary N) is 1. The van der Waals surface area contributed by atoms with E-state index in [-0.39, 0.29) is 11.8 Å². The van der Waals surface area contributed by atoms with Crippen molar-refractivity contribution in [1.29, 1.82) is 0 Å². The molecule has 1 amide bonds. The van der Waals surface area contributed by atoms with E-state index in [0.717, 1.165) is 36.6 Å². The van der Waals surface area contributed by atoms with Crippen LogP contribution in [-0.4, -0.2) is 48.6 Å². The van der Waals surface area contributed by atoms with Crippen LogP contribution in [0.3, 0.4) is 0 Å². The number of aryl methyl sites for hydroxylation is 2. The Hall–Kier alpha value is -0.980. The Bertz CT molecular complexity index is 484. The number of methoxy groups -OCH3 is 1. The molecule has 0 saturated carbocycles. The number of hydrogen-bond acceptors (Lipinski definition) is 5. The number of aromatic nitrogens is 1. The normalized spacial score (nSPS) is 22.7. The molecule has 2 atom stereocenters. The summed E-state index contributed by atoms with van der Waals surface area (Å²) in [6, 6.07) is 0.507. The van der Waals surface area contributed by atoms with Gasteiger partial charge in [0.1, 0.15) is 5.01 Å². The zero-order valence-electron chi connectivity index (χ0n) is 14.0. The summed E-state index contributed by atoms with van der Waals surface area (Å²) in [5.74, 6) is 0.232. The number of amides is 1. The number of thiazole rings is 1. The van der Waals surface area contributed by atoms with E-state index in [0.29, 0.717) is 19.2 Å². The van der Waals surface area contributed by atoms with Gasteiger partial charge in [-0.2, -0.15) is 0 Å². The fourth-order valence-electron chi connectivity index (χ4n) is 2.81. The first-order chi connectivity index (χ1) is 10.5. The van der Waals surface area contributed by atoms with E-state index in [1.54, 1.807) is 18.4 Å². The highest BCUT2D eigenvalue weighted by Crippen LogP contribution is 2.26. The molecule has 6 heteroatoms. The second-order valence-electron chi connectivity index (χ2n) is 6.09. The van der Waals surface area contributed by atoms with E-state index >= 15 is 0 Å². The standard InChI is InChI=1S/C16H27N3O2S/c1-11-5-6-14(16(20)17-7-8-21-4)9-19(11)10-15-18-12(2)13(3)22-15/h11,14H,5-10H2,1-4H3,(H,17,20)/t11-,14-/m1/s1. The molecule has 22 heavy (non-hydrogen) atoms. The number of likely N-dealkylation sites (tertiary alicyclic amines) is 1. The summed E-state index contributed by atoms with van der Waals surface area (Å²) in [6.07, 6.45) is 2.03. The number of rotatable bonds is 6. The number of hydrogen-bond donors (Lipinski definition) is 1. The summed E-state index contributed by atoms with van der Waals surface area (Å²) < 4.78 is 4.98. The number of nitrogens with zero attached hydrogens (tertiary/aromatic N) is 2. The van der Waals surface area contributed by atoms with Gasteiger partial charge < -0.3 is 10.1 Å². The van der Waals surface area contributed by atoms with Crippen LogP contribution in [0.4, 0.5) is 0 Å². The lowest BCUT2D eigenvalue weighted by Gasteiger charge is -2.36. The molecular formula is C16H27N3O2S. The largest absolute Gasteiger partial charge is 0.383 e. The van der Waals surface area contributed by atoms with Crippen LogP contribution in [0, 0.1) is 19.8 Å². The molecule has 5 nitrogen and oxygen atoms in total. The molecule has 1 N–H and O–H groups in total. The second kappa shape index (κ2) is 8.04. The molecular weight excluding hydrogens is 298 g/mol. The third-order valence-corrected chi connectivity index (χ3v) is 5.46. The van der Waals surface area contributed by atoms with Crippen LogP contribution in [0.2, 0.25) is 0 Å². The highest BCUT2D eigenvalue weighted by atomic mass is 32.1. The van der Waals surface area contributed by atoms with E-state index < -0.39 is 0 Å². The van der Waals surface area contributed by atoms with Crippen LogP contribution in [0.5, 0.6) is 0 Å². The van der Waals surface area contributed by atoms with Gasteiger partial charge in [0.05, 0.1) is 24.8 Å². The second-order valence-corrected chi connectivity index (χ2v) is 7.37. The molecule has 1 aromatic heterocycles. The first kappa shape index (κ1) is 17.4. The molecule has 2 rings (SSSR count). The van der Waals surface area contributed by atoms with Crippen LogP contribution in [0.1, 0.15) is 35.3 Å². The van der Waals surface area contributed by atoms with Crippen molar-refractivity contribution in [3.63, 3.8) is 0 Å². The van der Waals surface area contributed by atoms with Crippen LogP contribution in [0.25, 0.3) is 0 Å². The minimum atomic E-state index is 0.0789. The van der Waals surface area contributed by atoms with Crippen molar-refractivity contribution in [3.8, 4) is 0 Å². The third-order valence-electron chi connectivity index (χ3n) is 4.40. The van der Waals surface area contributed by atoms with Crippen molar-refractivity contribution in [2.24, 2.45) is 5.92 Å². The number of carbonyl (C=O) groups excluding carboxylic acids is 1. The Labute approximate surface area is 137 Å². The lowest BCUT2D eigenvalue weighted by atomic mass is 9.92. The van der Waals surface area contributed by atoms with E-state index in [2.05, 4.69) is 36.0 Å². The minimum absolute atomic E-state index is 0.0789. The lowest BCUT2D eigenvalue weighted by Crippen LogP contribution is -2.46. The van der Waals surface area contributed by atoms with Gasteiger partial charge in [-0.15, -0.1) is 11.3 Å². The Morgan fingerprint density at radius 1 is 1.45 bits per heavy atom. The Morgan fingerprint density at radius 3 is 2.86 bits per heavy atom. The molecule has 0 radical (unpaired) electrons. The third kappa shape index (κ3) is 4.51. The van der Waals surface area contributed by atoms with E-state index in [4.69, 9.17) is 4.74 Å². The lowest BCUT2D eigenvalue weighted by molar-refractivity contribution is -0.127. The van der Waals surface area contributed by atoms with Crippen molar-refractivity contribution < 1.29 is 9.53 Å². The van der Waals surface area contributed by atoms with Gasteiger partial charge in [-0.25, -0.2) is 4.98 Å². The maximum atomic E-state index is 12.2. The maximum absolute atomic E-state index is 12.2. The summed E-state index contributed by atoms with van der Waals surface area (Å²) in [6.45, 7) is 9.23. The summed E-state index contributed by atoms with van der Waals surface area (Å²) in [7, 11) is 1.65. The molecule has 1 aliphatic heterocycles. The molecule has 124 valence electrons. The fraction of sp³-hybridized carbons (Fsp3) is 0.750. The van der Waals surface area contributed by atoms with Crippen molar-refractivity contribution >= 4 is 17.2 Å².